The molecule has 0 bridgehead atoms. The monoisotopic (exact) mass is 426 g/mol. The van der Waals surface area contributed by atoms with Gasteiger partial charge < -0.3 is 9.47 Å². The number of halogens is 1. The number of hydrogen-bond donors (Lipinski definition) is 0. The molecule has 6 rings (SSSR count). The minimum absolute atomic E-state index is 0.106. The van der Waals surface area contributed by atoms with Crippen molar-refractivity contribution in [3.8, 4) is 22.6 Å². The third-order valence-corrected chi connectivity index (χ3v) is 5.79. The van der Waals surface area contributed by atoms with Crippen LogP contribution >= 0.6 is 0 Å². The zero-order chi connectivity index (χ0) is 21.8. The molecule has 7 heteroatoms. The van der Waals surface area contributed by atoms with E-state index in [4.69, 9.17) is 9.47 Å². The van der Waals surface area contributed by atoms with Crippen molar-refractivity contribution in [1.29, 1.82) is 0 Å². The molecule has 0 radical (unpaired) electrons. The van der Waals surface area contributed by atoms with Gasteiger partial charge in [0.25, 0.3) is 11.8 Å². The van der Waals surface area contributed by atoms with Gasteiger partial charge in [-0.15, -0.1) is 0 Å². The van der Waals surface area contributed by atoms with E-state index in [0.717, 1.165) is 16.3 Å². The molecule has 0 aliphatic carbocycles. The summed E-state index contributed by atoms with van der Waals surface area (Å²) >= 11 is 0. The van der Waals surface area contributed by atoms with Crippen molar-refractivity contribution in [1.82, 2.24) is 9.88 Å². The van der Waals surface area contributed by atoms with Crippen molar-refractivity contribution in [3.63, 3.8) is 0 Å². The summed E-state index contributed by atoms with van der Waals surface area (Å²) in [5.41, 5.74) is 2.63. The number of amides is 2. The first-order valence-corrected chi connectivity index (χ1v) is 10.0. The highest BCUT2D eigenvalue weighted by atomic mass is 19.1. The minimum Gasteiger partial charge on any atom is -0.454 e. The number of ether oxygens (including phenoxy) is 2. The van der Waals surface area contributed by atoms with Crippen LogP contribution in [0.25, 0.3) is 21.9 Å². The van der Waals surface area contributed by atoms with Crippen LogP contribution in [0, 0.1) is 5.82 Å². The molecular weight excluding hydrogens is 411 g/mol. The normalized spacial score (nSPS) is 14.3. The molecule has 0 atom stereocenters. The lowest BCUT2D eigenvalue weighted by Gasteiger charge is -2.14. The summed E-state index contributed by atoms with van der Waals surface area (Å²) in [4.78, 5) is 32.0. The van der Waals surface area contributed by atoms with Crippen LogP contribution in [-0.4, -0.2) is 28.5 Å². The van der Waals surface area contributed by atoms with E-state index in [1.807, 2.05) is 0 Å². The Kier molecular flexibility index (Phi) is 3.98. The van der Waals surface area contributed by atoms with Gasteiger partial charge in [-0.2, -0.15) is 0 Å². The first-order chi connectivity index (χ1) is 15.6. The van der Waals surface area contributed by atoms with E-state index >= 15 is 0 Å². The van der Waals surface area contributed by atoms with E-state index in [2.05, 4.69) is 4.98 Å². The van der Waals surface area contributed by atoms with E-state index in [1.165, 1.54) is 17.0 Å². The first-order valence-electron chi connectivity index (χ1n) is 10.0. The van der Waals surface area contributed by atoms with Crippen molar-refractivity contribution < 1.29 is 23.5 Å². The molecule has 0 unspecified atom stereocenters. The lowest BCUT2D eigenvalue weighted by molar-refractivity contribution is 0.0642. The Morgan fingerprint density at radius 2 is 1.59 bits per heavy atom. The second-order valence-electron chi connectivity index (χ2n) is 7.66. The third-order valence-electron chi connectivity index (χ3n) is 5.79. The highest BCUT2D eigenvalue weighted by Gasteiger charge is 2.39. The summed E-state index contributed by atoms with van der Waals surface area (Å²) in [5.74, 6) is -0.00503. The number of fused-ring (bicyclic) bond motifs is 3. The molecule has 0 saturated heterocycles. The molecule has 1 aromatic heterocycles. The largest absolute Gasteiger partial charge is 0.454 e. The number of rotatable bonds is 3. The molecule has 0 N–H and O–H groups in total. The van der Waals surface area contributed by atoms with E-state index in [1.54, 1.807) is 54.9 Å². The minimum atomic E-state index is -0.388. The topological polar surface area (TPSA) is 68.7 Å². The van der Waals surface area contributed by atoms with Crippen LogP contribution in [0.1, 0.15) is 26.3 Å². The number of imide groups is 1. The summed E-state index contributed by atoms with van der Waals surface area (Å²) in [6, 6.07) is 14.7. The van der Waals surface area contributed by atoms with Crippen LogP contribution in [0.4, 0.5) is 4.39 Å². The van der Waals surface area contributed by atoms with Gasteiger partial charge in [0.1, 0.15) is 5.82 Å². The standard InChI is InChI=1S/C25H15FN2O4/c26-17-3-1-15(2-4-17)22-18-11-21-20(31-13-32-21)10-16(18)9-19-23(22)25(30)28(24(19)29)12-14-5-7-27-8-6-14/h1-11H,12-13H2. The smallest absolute Gasteiger partial charge is 0.262 e. The molecule has 156 valence electrons. The average molecular weight is 426 g/mol. The Morgan fingerprint density at radius 1 is 0.875 bits per heavy atom. The van der Waals surface area contributed by atoms with Crippen molar-refractivity contribution in [2.75, 3.05) is 6.79 Å². The maximum absolute atomic E-state index is 13.6. The molecule has 6 nitrogen and oxygen atoms in total. The Bertz CT molecular complexity index is 1420. The lowest BCUT2D eigenvalue weighted by atomic mass is 9.90. The fourth-order valence-corrected chi connectivity index (χ4v) is 4.28. The van der Waals surface area contributed by atoms with Crippen LogP contribution in [0.5, 0.6) is 11.5 Å². The second kappa shape index (κ2) is 6.88. The molecule has 0 fully saturated rings. The van der Waals surface area contributed by atoms with Gasteiger partial charge in [-0.25, -0.2) is 4.39 Å². The highest BCUT2D eigenvalue weighted by molar-refractivity contribution is 6.27. The fourth-order valence-electron chi connectivity index (χ4n) is 4.28. The number of hydrogen-bond acceptors (Lipinski definition) is 5. The number of aromatic nitrogens is 1. The fraction of sp³-hybridized carbons (Fsp3) is 0.0800. The maximum atomic E-state index is 13.6. The molecule has 2 aliphatic heterocycles. The Labute approximate surface area is 181 Å². The summed E-state index contributed by atoms with van der Waals surface area (Å²) in [5, 5.41) is 1.46. The van der Waals surface area contributed by atoms with Crippen molar-refractivity contribution in [2.45, 2.75) is 6.54 Å². The molecule has 2 aliphatic rings. The number of carbonyl (C=O) groups excluding carboxylic acids is 2. The van der Waals surface area contributed by atoms with Crippen LogP contribution in [-0.2, 0) is 6.54 Å². The molecule has 3 heterocycles. The number of pyridine rings is 1. The third kappa shape index (κ3) is 2.75. The zero-order valence-corrected chi connectivity index (χ0v) is 16.7. The van der Waals surface area contributed by atoms with Gasteiger partial charge in [0.15, 0.2) is 11.5 Å². The zero-order valence-electron chi connectivity index (χ0n) is 16.7. The number of carbonyl (C=O) groups is 2. The molecular formula is C25H15FN2O4. The van der Waals surface area contributed by atoms with E-state index in [9.17, 15) is 14.0 Å². The summed E-state index contributed by atoms with van der Waals surface area (Å²) in [6.07, 6.45) is 3.24. The summed E-state index contributed by atoms with van der Waals surface area (Å²) in [7, 11) is 0. The quantitative estimate of drug-likeness (QED) is 0.449. The average Bonchev–Trinajstić information content (AvgIpc) is 3.36. The van der Waals surface area contributed by atoms with Gasteiger partial charge in [0, 0.05) is 18.0 Å². The molecule has 4 aromatic rings. The number of nitrogens with zero attached hydrogens (tertiary/aromatic N) is 2. The summed E-state index contributed by atoms with van der Waals surface area (Å²) < 4.78 is 24.7. The van der Waals surface area contributed by atoms with Crippen LogP contribution in [0.3, 0.4) is 0 Å². The molecule has 3 aromatic carbocycles. The van der Waals surface area contributed by atoms with E-state index in [-0.39, 0.29) is 31.0 Å². The van der Waals surface area contributed by atoms with Gasteiger partial charge >= 0.3 is 0 Å². The summed E-state index contributed by atoms with van der Waals surface area (Å²) in [6.45, 7) is 0.242. The maximum Gasteiger partial charge on any atom is 0.262 e. The van der Waals surface area contributed by atoms with Crippen molar-refractivity contribution in [2.24, 2.45) is 0 Å². The van der Waals surface area contributed by atoms with Crippen LogP contribution in [0.15, 0.2) is 67.0 Å². The molecule has 0 saturated carbocycles. The second-order valence-corrected chi connectivity index (χ2v) is 7.66. The van der Waals surface area contributed by atoms with Crippen LogP contribution in [0.2, 0.25) is 0 Å². The SMILES string of the molecule is O=C1c2cc3cc4c(cc3c(-c3ccc(F)cc3)c2C(=O)N1Cc1ccncc1)OCO4. The Hall–Kier alpha value is -4.26. The Morgan fingerprint density at radius 3 is 2.34 bits per heavy atom. The van der Waals surface area contributed by atoms with Crippen LogP contribution < -0.4 is 9.47 Å². The van der Waals surface area contributed by atoms with E-state index < -0.39 is 0 Å². The molecule has 2 amide bonds. The molecule has 0 spiro atoms. The lowest BCUT2D eigenvalue weighted by Crippen LogP contribution is -2.29. The molecule has 32 heavy (non-hydrogen) atoms. The predicted molar refractivity (Wildman–Crippen MR) is 114 cm³/mol. The van der Waals surface area contributed by atoms with Crippen molar-refractivity contribution in [3.05, 3.63) is 89.5 Å². The van der Waals surface area contributed by atoms with E-state index in [0.29, 0.717) is 33.8 Å². The first kappa shape index (κ1) is 18.5. The van der Waals surface area contributed by atoms with Crippen molar-refractivity contribution >= 4 is 22.6 Å². The van der Waals surface area contributed by atoms with Gasteiger partial charge in [-0.3, -0.25) is 19.5 Å². The Balaban J connectivity index is 1.59. The van der Waals surface area contributed by atoms with Gasteiger partial charge in [-0.05, 0) is 64.4 Å². The van der Waals surface area contributed by atoms with Gasteiger partial charge in [0.2, 0.25) is 6.79 Å². The van der Waals surface area contributed by atoms with Gasteiger partial charge in [-0.1, -0.05) is 12.1 Å². The number of benzene rings is 3. The van der Waals surface area contributed by atoms with Gasteiger partial charge in [0.05, 0.1) is 17.7 Å². The highest BCUT2D eigenvalue weighted by Crippen LogP contribution is 2.44. The predicted octanol–water partition coefficient (Wildman–Crippen LogP) is 4.57.